The number of nitrogens with zero attached hydrogens (tertiary/aromatic N) is 2. The zero-order valence-corrected chi connectivity index (χ0v) is 15.4. The van der Waals surface area contributed by atoms with Crippen molar-refractivity contribution in [1.82, 2.24) is 14.9 Å². The Morgan fingerprint density at radius 3 is 2.96 bits per heavy atom. The smallest absolute Gasteiger partial charge is 0.262 e. The van der Waals surface area contributed by atoms with Crippen LogP contribution in [0.2, 0.25) is 0 Å². The third-order valence-corrected chi connectivity index (χ3v) is 5.32. The minimum Gasteiger partial charge on any atom is -0.349 e. The Balaban J connectivity index is 1.64. The van der Waals surface area contributed by atoms with Gasteiger partial charge >= 0.3 is 0 Å². The molecular formula is C17H16BrN3O2S. The molecule has 5 nitrogen and oxygen atoms in total. The minimum absolute atomic E-state index is 0.101. The monoisotopic (exact) mass is 405 g/mol. The predicted molar refractivity (Wildman–Crippen MR) is 99.2 cm³/mol. The molecule has 3 rings (SSSR count). The summed E-state index contributed by atoms with van der Waals surface area (Å²) in [6.07, 6.45) is 1.73. The maximum atomic E-state index is 12.3. The number of rotatable bonds is 5. The summed E-state index contributed by atoms with van der Waals surface area (Å²) < 4.78 is 2.44. The number of hydrogen-bond donors (Lipinski definition) is 1. The van der Waals surface area contributed by atoms with Crippen LogP contribution in [0.1, 0.15) is 24.9 Å². The number of thiophene rings is 1. The molecular weight excluding hydrogens is 390 g/mol. The zero-order valence-electron chi connectivity index (χ0n) is 13.0. The van der Waals surface area contributed by atoms with Gasteiger partial charge in [0.1, 0.15) is 4.83 Å². The van der Waals surface area contributed by atoms with Crippen molar-refractivity contribution in [3.8, 4) is 0 Å². The van der Waals surface area contributed by atoms with Crippen LogP contribution in [0, 0.1) is 0 Å². The molecule has 0 unspecified atom stereocenters. The Hall–Kier alpha value is -1.99. The van der Waals surface area contributed by atoms with Crippen molar-refractivity contribution in [1.29, 1.82) is 0 Å². The van der Waals surface area contributed by atoms with Crippen molar-refractivity contribution in [3.05, 3.63) is 62.4 Å². The van der Waals surface area contributed by atoms with Crippen LogP contribution in [0.5, 0.6) is 0 Å². The maximum absolute atomic E-state index is 12.3. The first kappa shape index (κ1) is 16.9. The van der Waals surface area contributed by atoms with Gasteiger partial charge in [0.25, 0.3) is 5.56 Å². The first-order chi connectivity index (χ1) is 11.6. The quantitative estimate of drug-likeness (QED) is 0.706. The summed E-state index contributed by atoms with van der Waals surface area (Å²) in [6.45, 7) is 2.25. The van der Waals surface area contributed by atoms with E-state index in [1.165, 1.54) is 22.2 Å². The van der Waals surface area contributed by atoms with Crippen molar-refractivity contribution in [2.45, 2.75) is 25.9 Å². The Morgan fingerprint density at radius 1 is 1.38 bits per heavy atom. The molecule has 3 aromatic rings. The van der Waals surface area contributed by atoms with Gasteiger partial charge in [-0.15, -0.1) is 11.3 Å². The van der Waals surface area contributed by atoms with E-state index in [0.717, 1.165) is 14.9 Å². The molecule has 7 heteroatoms. The summed E-state index contributed by atoms with van der Waals surface area (Å²) in [4.78, 5) is 29.4. The number of aromatic nitrogens is 2. The summed E-state index contributed by atoms with van der Waals surface area (Å²) in [5, 5.41) is 5.40. The summed E-state index contributed by atoms with van der Waals surface area (Å²) in [6, 6.07) is 9.43. The van der Waals surface area contributed by atoms with Gasteiger partial charge in [-0.3, -0.25) is 14.2 Å². The van der Waals surface area contributed by atoms with Gasteiger partial charge in [-0.1, -0.05) is 34.1 Å². The second kappa shape index (κ2) is 7.27. The predicted octanol–water partition coefficient (Wildman–Crippen LogP) is 3.49. The molecule has 0 aliphatic heterocycles. The first-order valence-corrected chi connectivity index (χ1v) is 9.20. The van der Waals surface area contributed by atoms with Crippen LogP contribution in [0.3, 0.4) is 0 Å². The van der Waals surface area contributed by atoms with E-state index in [0.29, 0.717) is 11.9 Å². The van der Waals surface area contributed by atoms with Gasteiger partial charge in [-0.05, 0) is 30.0 Å². The van der Waals surface area contributed by atoms with E-state index < -0.39 is 0 Å². The lowest BCUT2D eigenvalue weighted by molar-refractivity contribution is -0.121. The normalized spacial score (nSPS) is 12.2. The third-order valence-electron chi connectivity index (χ3n) is 3.78. The molecule has 1 aromatic carbocycles. The highest BCUT2D eigenvalue weighted by Crippen LogP contribution is 2.22. The molecule has 1 N–H and O–H groups in total. The van der Waals surface area contributed by atoms with Crippen molar-refractivity contribution in [3.63, 3.8) is 0 Å². The Bertz CT molecular complexity index is 935. The number of hydrogen-bond acceptors (Lipinski definition) is 4. The maximum Gasteiger partial charge on any atom is 0.262 e. The number of aryl methyl sites for hydroxylation is 1. The Kier molecular flexibility index (Phi) is 5.11. The molecule has 2 heterocycles. The van der Waals surface area contributed by atoms with Crippen molar-refractivity contribution >= 4 is 43.4 Å². The minimum atomic E-state index is -0.109. The molecule has 0 bridgehead atoms. The zero-order chi connectivity index (χ0) is 17.1. The molecule has 0 aliphatic rings. The van der Waals surface area contributed by atoms with E-state index in [9.17, 15) is 9.59 Å². The van der Waals surface area contributed by atoms with E-state index in [4.69, 9.17) is 0 Å². The highest BCUT2D eigenvalue weighted by Gasteiger charge is 2.12. The highest BCUT2D eigenvalue weighted by molar-refractivity contribution is 9.10. The van der Waals surface area contributed by atoms with Gasteiger partial charge in [-0.25, -0.2) is 4.98 Å². The fraction of sp³-hybridized carbons (Fsp3) is 0.235. The summed E-state index contributed by atoms with van der Waals surface area (Å²) in [5.41, 5.74) is 0.914. The average molecular weight is 406 g/mol. The molecule has 0 aliphatic carbocycles. The topological polar surface area (TPSA) is 64.0 Å². The molecule has 124 valence electrons. The van der Waals surface area contributed by atoms with Gasteiger partial charge in [-0.2, -0.15) is 0 Å². The van der Waals surface area contributed by atoms with Gasteiger partial charge < -0.3 is 5.32 Å². The fourth-order valence-electron chi connectivity index (χ4n) is 2.49. The second-order valence-corrected chi connectivity index (χ2v) is 7.19. The van der Waals surface area contributed by atoms with E-state index in [2.05, 4.69) is 26.2 Å². The lowest BCUT2D eigenvalue weighted by Gasteiger charge is -2.16. The SMILES string of the molecule is C[C@@H](NC(=O)CCn1cnc2sccc2c1=O)c1ccccc1Br. The van der Waals surface area contributed by atoms with Gasteiger partial charge in [0.15, 0.2) is 0 Å². The molecule has 0 saturated heterocycles. The number of carbonyl (C=O) groups excluding carboxylic acids is 1. The summed E-state index contributed by atoms with van der Waals surface area (Å²) in [5.74, 6) is -0.101. The largest absolute Gasteiger partial charge is 0.349 e. The molecule has 0 spiro atoms. The fourth-order valence-corrected chi connectivity index (χ4v) is 3.84. The van der Waals surface area contributed by atoms with Crippen LogP contribution in [0.4, 0.5) is 0 Å². The van der Waals surface area contributed by atoms with Gasteiger partial charge in [0, 0.05) is 17.4 Å². The molecule has 0 fully saturated rings. The van der Waals surface area contributed by atoms with Crippen LogP contribution in [0.25, 0.3) is 10.2 Å². The lowest BCUT2D eigenvalue weighted by Crippen LogP contribution is -2.29. The van der Waals surface area contributed by atoms with Crippen LogP contribution in [0.15, 0.2) is 51.3 Å². The molecule has 24 heavy (non-hydrogen) atoms. The molecule has 0 radical (unpaired) electrons. The van der Waals surface area contributed by atoms with Crippen molar-refractivity contribution in [2.75, 3.05) is 0 Å². The standard InChI is InChI=1S/C17H16BrN3O2S/c1-11(12-4-2-3-5-14(12)18)20-15(22)6-8-21-10-19-16-13(17(21)23)7-9-24-16/h2-5,7,9-11H,6,8H2,1H3,(H,20,22)/t11-/m1/s1. The summed E-state index contributed by atoms with van der Waals surface area (Å²) >= 11 is 4.92. The number of halogens is 1. The molecule has 1 atom stereocenters. The average Bonchev–Trinajstić information content (AvgIpc) is 3.04. The van der Waals surface area contributed by atoms with Crippen LogP contribution in [-0.2, 0) is 11.3 Å². The van der Waals surface area contributed by atoms with Crippen LogP contribution in [-0.4, -0.2) is 15.5 Å². The molecule has 2 aromatic heterocycles. The Labute approximate surface area is 151 Å². The van der Waals surface area contributed by atoms with E-state index in [1.54, 1.807) is 6.07 Å². The highest BCUT2D eigenvalue weighted by atomic mass is 79.9. The Morgan fingerprint density at radius 2 is 2.17 bits per heavy atom. The second-order valence-electron chi connectivity index (χ2n) is 5.44. The number of nitrogens with one attached hydrogen (secondary N) is 1. The first-order valence-electron chi connectivity index (χ1n) is 7.52. The van der Waals surface area contributed by atoms with E-state index >= 15 is 0 Å². The number of amides is 1. The lowest BCUT2D eigenvalue weighted by atomic mass is 10.1. The van der Waals surface area contributed by atoms with Gasteiger partial charge in [0.2, 0.25) is 5.91 Å². The molecule has 0 saturated carbocycles. The van der Waals surface area contributed by atoms with Crippen molar-refractivity contribution < 1.29 is 4.79 Å². The number of fused-ring (bicyclic) bond motifs is 1. The van der Waals surface area contributed by atoms with Crippen LogP contribution >= 0.6 is 27.3 Å². The van der Waals surface area contributed by atoms with E-state index in [-0.39, 0.29) is 23.9 Å². The molecule has 1 amide bonds. The van der Waals surface area contributed by atoms with Crippen LogP contribution < -0.4 is 10.9 Å². The third kappa shape index (κ3) is 3.57. The van der Waals surface area contributed by atoms with Gasteiger partial charge in [0.05, 0.1) is 17.8 Å². The summed E-state index contributed by atoms with van der Waals surface area (Å²) in [7, 11) is 0. The number of benzene rings is 1. The number of carbonyl (C=O) groups is 1. The van der Waals surface area contributed by atoms with Crippen molar-refractivity contribution in [2.24, 2.45) is 0 Å². The van der Waals surface area contributed by atoms with E-state index in [1.807, 2.05) is 36.6 Å².